The van der Waals surface area contributed by atoms with E-state index in [4.69, 9.17) is 0 Å². The van der Waals surface area contributed by atoms with Crippen LogP contribution in [0.5, 0.6) is 0 Å². The monoisotopic (exact) mass is 273 g/mol. The highest BCUT2D eigenvalue weighted by atomic mass is 32.2. The van der Waals surface area contributed by atoms with Gasteiger partial charge in [-0.3, -0.25) is 9.59 Å². The Hall–Kier alpha value is -1.55. The van der Waals surface area contributed by atoms with Crippen LogP contribution < -0.4 is 0 Å². The molecule has 0 atom stereocenters. The number of carbonyl (C=O) groups is 2. The van der Waals surface area contributed by atoms with Crippen LogP contribution in [0.2, 0.25) is 0 Å². The van der Waals surface area contributed by atoms with Gasteiger partial charge in [0.05, 0.1) is 10.8 Å². The number of hydrogen-bond donors (Lipinski definition) is 0. The molecule has 19 heavy (non-hydrogen) atoms. The third-order valence-electron chi connectivity index (χ3n) is 3.63. The summed E-state index contributed by atoms with van der Waals surface area (Å²) in [4.78, 5) is 26.1. The summed E-state index contributed by atoms with van der Waals surface area (Å²) in [5.41, 5.74) is 2.73. The van der Waals surface area contributed by atoms with Crippen molar-refractivity contribution in [1.82, 2.24) is 4.90 Å². The van der Waals surface area contributed by atoms with Crippen LogP contribution in [-0.4, -0.2) is 28.9 Å². The van der Waals surface area contributed by atoms with E-state index in [9.17, 15) is 9.59 Å². The minimum atomic E-state index is 0.0949. The highest BCUT2D eigenvalue weighted by molar-refractivity contribution is 8.04. The second kappa shape index (κ2) is 4.85. The summed E-state index contributed by atoms with van der Waals surface area (Å²) in [6.07, 6.45) is 1.62. The lowest BCUT2D eigenvalue weighted by atomic mass is 9.87. The molecule has 0 aromatic heterocycles. The van der Waals surface area contributed by atoms with Gasteiger partial charge in [0.25, 0.3) is 0 Å². The summed E-state index contributed by atoms with van der Waals surface area (Å²) in [5, 5.41) is 0.881. The van der Waals surface area contributed by atoms with Crippen LogP contribution in [0.1, 0.15) is 29.3 Å². The molecule has 1 aliphatic carbocycles. The maximum atomic E-state index is 12.6. The van der Waals surface area contributed by atoms with Crippen molar-refractivity contribution in [2.24, 2.45) is 0 Å². The minimum Gasteiger partial charge on any atom is -0.306 e. The largest absolute Gasteiger partial charge is 0.306 e. The van der Waals surface area contributed by atoms with Gasteiger partial charge in [-0.15, -0.1) is 0 Å². The van der Waals surface area contributed by atoms with E-state index >= 15 is 0 Å². The SMILES string of the molecule is CCN1C(=O)CSC1=C1CCc2ccccc2C1=O. The zero-order valence-corrected chi connectivity index (χ0v) is 11.6. The molecule has 1 amide bonds. The summed E-state index contributed by atoms with van der Waals surface area (Å²) < 4.78 is 0. The lowest BCUT2D eigenvalue weighted by Gasteiger charge is -2.22. The van der Waals surface area contributed by atoms with Crippen LogP contribution in [-0.2, 0) is 11.2 Å². The predicted octanol–water partition coefficient (Wildman–Crippen LogP) is 2.62. The lowest BCUT2D eigenvalue weighted by molar-refractivity contribution is -0.125. The maximum Gasteiger partial charge on any atom is 0.237 e. The normalized spacial score (nSPS) is 22.9. The molecule has 4 heteroatoms. The second-order valence-corrected chi connectivity index (χ2v) is 5.66. The van der Waals surface area contributed by atoms with Gasteiger partial charge in [0, 0.05) is 17.7 Å². The Morgan fingerprint density at radius 1 is 1.21 bits per heavy atom. The number of thioether (sulfide) groups is 1. The van der Waals surface area contributed by atoms with Gasteiger partial charge in [-0.2, -0.15) is 0 Å². The quantitative estimate of drug-likeness (QED) is 0.738. The number of benzene rings is 1. The van der Waals surface area contributed by atoms with Crippen molar-refractivity contribution >= 4 is 23.5 Å². The van der Waals surface area contributed by atoms with Crippen molar-refractivity contribution in [1.29, 1.82) is 0 Å². The Bertz CT molecular complexity index is 592. The van der Waals surface area contributed by atoms with Gasteiger partial charge in [-0.25, -0.2) is 0 Å². The molecule has 1 saturated heterocycles. The fourth-order valence-corrected chi connectivity index (χ4v) is 3.84. The maximum absolute atomic E-state index is 12.6. The molecule has 0 radical (unpaired) electrons. The average molecular weight is 273 g/mol. The van der Waals surface area contributed by atoms with Gasteiger partial charge in [-0.05, 0) is 25.3 Å². The first-order valence-electron chi connectivity index (χ1n) is 6.51. The minimum absolute atomic E-state index is 0.0949. The topological polar surface area (TPSA) is 37.4 Å². The van der Waals surface area contributed by atoms with Crippen LogP contribution in [0.3, 0.4) is 0 Å². The summed E-state index contributed by atoms with van der Waals surface area (Å²) in [6, 6.07) is 7.76. The van der Waals surface area contributed by atoms with Gasteiger partial charge in [0.15, 0.2) is 5.78 Å². The standard InChI is InChI=1S/C15H15NO2S/c1-2-16-13(17)9-19-15(16)12-8-7-10-5-3-4-6-11(10)14(12)18/h3-6H,2,7-9H2,1H3. The first-order chi connectivity index (χ1) is 9.22. The highest BCUT2D eigenvalue weighted by Crippen LogP contribution is 2.36. The smallest absolute Gasteiger partial charge is 0.237 e. The number of ketones is 1. The van der Waals surface area contributed by atoms with E-state index in [1.807, 2.05) is 31.2 Å². The molecule has 98 valence electrons. The molecule has 1 aromatic carbocycles. The number of carbonyl (C=O) groups excluding carboxylic acids is 2. The van der Waals surface area contributed by atoms with Gasteiger partial charge in [-0.1, -0.05) is 36.0 Å². The predicted molar refractivity (Wildman–Crippen MR) is 76.0 cm³/mol. The second-order valence-electron chi connectivity index (χ2n) is 4.70. The Morgan fingerprint density at radius 3 is 2.79 bits per heavy atom. The van der Waals surface area contributed by atoms with Crippen molar-refractivity contribution in [3.8, 4) is 0 Å². The Morgan fingerprint density at radius 2 is 2.00 bits per heavy atom. The molecule has 3 nitrogen and oxygen atoms in total. The van der Waals surface area contributed by atoms with Crippen LogP contribution in [0.4, 0.5) is 0 Å². The summed E-state index contributed by atoms with van der Waals surface area (Å²) in [6.45, 7) is 2.59. The number of fused-ring (bicyclic) bond motifs is 1. The molecule has 0 bridgehead atoms. The van der Waals surface area contributed by atoms with Crippen LogP contribution >= 0.6 is 11.8 Å². The third-order valence-corrected chi connectivity index (χ3v) is 4.76. The number of rotatable bonds is 1. The average Bonchev–Trinajstić information content (AvgIpc) is 2.80. The van der Waals surface area contributed by atoms with Crippen molar-refractivity contribution < 1.29 is 9.59 Å². The molecular formula is C15H15NO2S. The van der Waals surface area contributed by atoms with Crippen molar-refractivity contribution in [3.05, 3.63) is 46.0 Å². The van der Waals surface area contributed by atoms with Crippen LogP contribution in [0.15, 0.2) is 34.9 Å². The van der Waals surface area contributed by atoms with Gasteiger partial charge in [0.1, 0.15) is 0 Å². The van der Waals surface area contributed by atoms with E-state index < -0.39 is 0 Å². The van der Waals surface area contributed by atoms with E-state index in [0.29, 0.717) is 12.3 Å². The van der Waals surface area contributed by atoms with Crippen molar-refractivity contribution in [2.75, 3.05) is 12.3 Å². The summed E-state index contributed by atoms with van der Waals surface area (Å²) in [5.74, 6) is 0.667. The van der Waals surface area contributed by atoms with E-state index in [0.717, 1.165) is 34.6 Å². The molecule has 0 N–H and O–H groups in total. The third kappa shape index (κ3) is 2.00. The molecular weight excluding hydrogens is 258 g/mol. The molecule has 0 spiro atoms. The van der Waals surface area contributed by atoms with Crippen LogP contribution in [0, 0.1) is 0 Å². The van der Waals surface area contributed by atoms with E-state index in [1.54, 1.807) is 4.90 Å². The number of nitrogens with zero attached hydrogens (tertiary/aromatic N) is 1. The van der Waals surface area contributed by atoms with E-state index in [1.165, 1.54) is 11.8 Å². The first kappa shape index (κ1) is 12.5. The molecule has 1 aliphatic heterocycles. The molecule has 0 saturated carbocycles. The number of Topliss-reactive ketones (excluding diaryl/α,β-unsaturated/α-hetero) is 1. The van der Waals surface area contributed by atoms with E-state index in [-0.39, 0.29) is 11.7 Å². The lowest BCUT2D eigenvalue weighted by Crippen LogP contribution is -2.27. The molecule has 2 aliphatic rings. The Labute approximate surface area is 116 Å². The van der Waals surface area contributed by atoms with Gasteiger partial charge in [0.2, 0.25) is 5.91 Å². The summed E-state index contributed by atoms with van der Waals surface area (Å²) >= 11 is 1.50. The number of hydrogen-bond acceptors (Lipinski definition) is 3. The van der Waals surface area contributed by atoms with Gasteiger partial charge >= 0.3 is 0 Å². The summed E-state index contributed by atoms with van der Waals surface area (Å²) in [7, 11) is 0. The zero-order valence-electron chi connectivity index (χ0n) is 10.8. The van der Waals surface area contributed by atoms with Crippen molar-refractivity contribution in [3.63, 3.8) is 0 Å². The molecule has 0 unspecified atom stereocenters. The first-order valence-corrected chi connectivity index (χ1v) is 7.50. The molecule has 3 rings (SSSR count). The number of amides is 1. The molecule has 1 heterocycles. The molecule has 1 fully saturated rings. The van der Waals surface area contributed by atoms with E-state index in [2.05, 4.69) is 0 Å². The fourth-order valence-electron chi connectivity index (χ4n) is 2.67. The Kier molecular flexibility index (Phi) is 3.19. The Balaban J connectivity index is 2.05. The number of allylic oxidation sites excluding steroid dienone is 1. The molecule has 1 aromatic rings. The zero-order chi connectivity index (χ0) is 13.4. The fraction of sp³-hybridized carbons (Fsp3) is 0.333. The van der Waals surface area contributed by atoms with Crippen molar-refractivity contribution in [2.45, 2.75) is 19.8 Å². The van der Waals surface area contributed by atoms with Gasteiger partial charge < -0.3 is 4.90 Å². The highest BCUT2D eigenvalue weighted by Gasteiger charge is 2.32. The van der Waals surface area contributed by atoms with Crippen LogP contribution in [0.25, 0.3) is 0 Å². The number of aryl methyl sites for hydroxylation is 1.